The zero-order chi connectivity index (χ0) is 15.9. The Morgan fingerprint density at radius 1 is 1.50 bits per heavy atom. The second kappa shape index (κ2) is 5.28. The highest BCUT2D eigenvalue weighted by Gasteiger charge is 2.29. The molecule has 2 N–H and O–H groups in total. The number of likely N-dealkylation sites (N-methyl/N-ethyl adjacent to an activating group) is 1. The average Bonchev–Trinajstić information content (AvgIpc) is 3.17. The van der Waals surface area contributed by atoms with Gasteiger partial charge in [0.05, 0.1) is 12.1 Å². The predicted molar refractivity (Wildman–Crippen MR) is 83.9 cm³/mol. The standard InChI is InChI=1S/C16H21N3O3/c1-16(2,21)9-19(3)15(20)17-11-6-7-13-12(8-11)18-14(22-13)10-4-5-10/h6-8,10,21H,4-5,9H2,1-3H3,(H,17,20). The van der Waals surface area contributed by atoms with Crippen LogP contribution < -0.4 is 5.32 Å². The van der Waals surface area contributed by atoms with Crippen LogP contribution in [0.25, 0.3) is 11.1 Å². The van der Waals surface area contributed by atoms with Gasteiger partial charge in [0, 0.05) is 18.7 Å². The van der Waals surface area contributed by atoms with E-state index in [1.807, 2.05) is 6.07 Å². The molecule has 1 aromatic carbocycles. The van der Waals surface area contributed by atoms with Gasteiger partial charge < -0.3 is 19.7 Å². The molecule has 6 heteroatoms. The summed E-state index contributed by atoms with van der Waals surface area (Å²) < 4.78 is 5.70. The number of fused-ring (bicyclic) bond motifs is 1. The number of nitrogens with one attached hydrogen (secondary N) is 1. The largest absolute Gasteiger partial charge is 0.440 e. The number of urea groups is 1. The van der Waals surface area contributed by atoms with Crippen molar-refractivity contribution in [3.63, 3.8) is 0 Å². The van der Waals surface area contributed by atoms with Gasteiger partial charge in [-0.05, 0) is 44.9 Å². The van der Waals surface area contributed by atoms with Gasteiger partial charge in [-0.25, -0.2) is 9.78 Å². The third kappa shape index (κ3) is 3.39. The maximum atomic E-state index is 12.1. The Labute approximate surface area is 129 Å². The van der Waals surface area contributed by atoms with E-state index in [1.54, 1.807) is 33.0 Å². The fourth-order valence-corrected chi connectivity index (χ4v) is 2.40. The van der Waals surface area contributed by atoms with E-state index in [0.29, 0.717) is 11.6 Å². The zero-order valence-corrected chi connectivity index (χ0v) is 13.1. The van der Waals surface area contributed by atoms with E-state index in [-0.39, 0.29) is 12.6 Å². The van der Waals surface area contributed by atoms with Gasteiger partial charge in [-0.15, -0.1) is 0 Å². The van der Waals surface area contributed by atoms with Crippen molar-refractivity contribution in [2.45, 2.75) is 38.2 Å². The lowest BCUT2D eigenvalue weighted by Gasteiger charge is -2.25. The Morgan fingerprint density at radius 2 is 2.23 bits per heavy atom. The minimum atomic E-state index is -0.929. The van der Waals surface area contributed by atoms with Crippen LogP contribution in [0.5, 0.6) is 0 Å². The normalized spacial score (nSPS) is 15.1. The molecule has 0 saturated heterocycles. The minimum absolute atomic E-state index is 0.247. The molecule has 1 heterocycles. The smallest absolute Gasteiger partial charge is 0.321 e. The van der Waals surface area contributed by atoms with Crippen LogP contribution in [0, 0.1) is 0 Å². The van der Waals surface area contributed by atoms with Gasteiger partial charge in [-0.3, -0.25) is 0 Å². The summed E-state index contributed by atoms with van der Waals surface area (Å²) in [5, 5.41) is 12.6. The second-order valence-corrected chi connectivity index (χ2v) is 6.61. The third-order valence-corrected chi connectivity index (χ3v) is 3.55. The molecule has 1 aromatic heterocycles. The molecule has 1 aliphatic carbocycles. The number of anilines is 1. The first-order valence-corrected chi connectivity index (χ1v) is 7.47. The highest BCUT2D eigenvalue weighted by molar-refractivity contribution is 5.91. The van der Waals surface area contributed by atoms with Crippen LogP contribution in [-0.4, -0.2) is 40.2 Å². The van der Waals surface area contributed by atoms with Crippen LogP contribution in [0.1, 0.15) is 38.5 Å². The molecule has 2 amide bonds. The SMILES string of the molecule is CN(CC(C)(C)O)C(=O)Nc1ccc2oc(C3CC3)nc2c1. The van der Waals surface area contributed by atoms with Crippen molar-refractivity contribution in [1.82, 2.24) is 9.88 Å². The molecule has 1 saturated carbocycles. The minimum Gasteiger partial charge on any atom is -0.440 e. The van der Waals surface area contributed by atoms with Crippen molar-refractivity contribution in [1.29, 1.82) is 0 Å². The summed E-state index contributed by atoms with van der Waals surface area (Å²) in [5.74, 6) is 1.25. The van der Waals surface area contributed by atoms with E-state index in [9.17, 15) is 9.90 Å². The molecule has 0 aliphatic heterocycles. The maximum Gasteiger partial charge on any atom is 0.321 e. The number of aromatic nitrogens is 1. The van der Waals surface area contributed by atoms with Gasteiger partial charge in [-0.1, -0.05) is 0 Å². The number of benzene rings is 1. The Balaban J connectivity index is 1.71. The van der Waals surface area contributed by atoms with Crippen molar-refractivity contribution in [2.24, 2.45) is 0 Å². The first kappa shape index (κ1) is 14.8. The van der Waals surface area contributed by atoms with Crippen LogP contribution in [0.4, 0.5) is 10.5 Å². The fourth-order valence-electron chi connectivity index (χ4n) is 2.40. The highest BCUT2D eigenvalue weighted by Crippen LogP contribution is 2.40. The van der Waals surface area contributed by atoms with Gasteiger partial charge >= 0.3 is 6.03 Å². The van der Waals surface area contributed by atoms with E-state index in [1.165, 1.54) is 4.90 Å². The molecule has 0 unspecified atom stereocenters. The Hall–Kier alpha value is -2.08. The number of oxazole rings is 1. The van der Waals surface area contributed by atoms with Crippen LogP contribution in [0.15, 0.2) is 22.6 Å². The first-order chi connectivity index (χ1) is 10.3. The van der Waals surface area contributed by atoms with Crippen molar-refractivity contribution in [3.8, 4) is 0 Å². The van der Waals surface area contributed by atoms with Crippen molar-refractivity contribution in [2.75, 3.05) is 18.9 Å². The number of hydrogen-bond donors (Lipinski definition) is 2. The van der Waals surface area contributed by atoms with E-state index in [2.05, 4.69) is 10.3 Å². The number of rotatable bonds is 4. The molecule has 1 aliphatic rings. The van der Waals surface area contributed by atoms with Crippen molar-refractivity contribution >= 4 is 22.8 Å². The Kier molecular flexibility index (Phi) is 3.56. The van der Waals surface area contributed by atoms with Crippen molar-refractivity contribution in [3.05, 3.63) is 24.1 Å². The number of nitrogens with zero attached hydrogens (tertiary/aromatic N) is 2. The van der Waals surface area contributed by atoms with Gasteiger partial charge in [-0.2, -0.15) is 0 Å². The molecule has 118 valence electrons. The molecule has 0 spiro atoms. The Bertz CT molecular complexity index is 698. The predicted octanol–water partition coefficient (Wildman–Crippen LogP) is 2.94. The monoisotopic (exact) mass is 303 g/mol. The molecule has 3 rings (SSSR count). The summed E-state index contributed by atoms with van der Waals surface area (Å²) >= 11 is 0. The fraction of sp³-hybridized carbons (Fsp3) is 0.500. The summed E-state index contributed by atoms with van der Waals surface area (Å²) in [6.45, 7) is 3.58. The topological polar surface area (TPSA) is 78.6 Å². The maximum absolute atomic E-state index is 12.1. The summed E-state index contributed by atoms with van der Waals surface area (Å²) in [5.41, 5.74) is 1.23. The summed E-state index contributed by atoms with van der Waals surface area (Å²) in [6, 6.07) is 5.15. The lowest BCUT2D eigenvalue weighted by molar-refractivity contribution is 0.0550. The van der Waals surface area contributed by atoms with Gasteiger partial charge in [0.15, 0.2) is 11.5 Å². The van der Waals surface area contributed by atoms with Crippen LogP contribution >= 0.6 is 0 Å². The van der Waals surface area contributed by atoms with Crippen LogP contribution in [0.3, 0.4) is 0 Å². The molecular weight excluding hydrogens is 282 g/mol. The van der Waals surface area contributed by atoms with Gasteiger partial charge in [0.1, 0.15) is 5.52 Å². The number of carbonyl (C=O) groups excluding carboxylic acids is 1. The van der Waals surface area contributed by atoms with Gasteiger partial charge in [0.2, 0.25) is 0 Å². The number of carbonyl (C=O) groups is 1. The van der Waals surface area contributed by atoms with E-state index in [4.69, 9.17) is 4.42 Å². The molecule has 0 radical (unpaired) electrons. The van der Waals surface area contributed by atoms with Crippen LogP contribution in [-0.2, 0) is 0 Å². The van der Waals surface area contributed by atoms with E-state index in [0.717, 1.165) is 29.8 Å². The molecule has 2 aromatic rings. The van der Waals surface area contributed by atoms with Crippen LogP contribution in [0.2, 0.25) is 0 Å². The molecule has 0 atom stereocenters. The number of aliphatic hydroxyl groups is 1. The number of hydrogen-bond acceptors (Lipinski definition) is 4. The molecule has 0 bridgehead atoms. The molecule has 6 nitrogen and oxygen atoms in total. The number of amides is 2. The quantitative estimate of drug-likeness (QED) is 0.910. The second-order valence-electron chi connectivity index (χ2n) is 6.61. The Morgan fingerprint density at radius 3 is 2.86 bits per heavy atom. The summed E-state index contributed by atoms with van der Waals surface area (Å²) in [7, 11) is 1.65. The highest BCUT2D eigenvalue weighted by atomic mass is 16.3. The third-order valence-electron chi connectivity index (χ3n) is 3.55. The molecular formula is C16H21N3O3. The van der Waals surface area contributed by atoms with Crippen molar-refractivity contribution < 1.29 is 14.3 Å². The lowest BCUT2D eigenvalue weighted by Crippen LogP contribution is -2.41. The first-order valence-electron chi connectivity index (χ1n) is 7.47. The zero-order valence-electron chi connectivity index (χ0n) is 13.1. The molecule has 22 heavy (non-hydrogen) atoms. The van der Waals surface area contributed by atoms with E-state index >= 15 is 0 Å². The van der Waals surface area contributed by atoms with Gasteiger partial charge in [0.25, 0.3) is 0 Å². The summed E-state index contributed by atoms with van der Waals surface area (Å²) in [4.78, 5) is 18.0. The lowest BCUT2D eigenvalue weighted by atomic mass is 10.1. The van der Waals surface area contributed by atoms with E-state index < -0.39 is 5.60 Å². The summed E-state index contributed by atoms with van der Waals surface area (Å²) in [6.07, 6.45) is 2.27. The average molecular weight is 303 g/mol. The molecule has 1 fully saturated rings.